The van der Waals surface area contributed by atoms with Gasteiger partial charge in [-0.2, -0.15) is 0 Å². The number of halogens is 1. The van der Waals surface area contributed by atoms with E-state index in [1.807, 2.05) is 13.8 Å². The highest BCUT2D eigenvalue weighted by atomic mass is 19.1. The van der Waals surface area contributed by atoms with Crippen LogP contribution in [0, 0.1) is 5.82 Å². The summed E-state index contributed by atoms with van der Waals surface area (Å²) in [5.41, 5.74) is 1.04. The van der Waals surface area contributed by atoms with Gasteiger partial charge in [0.15, 0.2) is 0 Å². The fraction of sp³-hybridized carbons (Fsp3) is 0.462. The molecule has 1 rings (SSSR count). The first-order chi connectivity index (χ1) is 7.59. The summed E-state index contributed by atoms with van der Waals surface area (Å²) < 4.78 is 12.5. The van der Waals surface area contributed by atoms with Gasteiger partial charge in [0.2, 0.25) is 5.91 Å². The number of benzene rings is 1. The van der Waals surface area contributed by atoms with Crippen molar-refractivity contribution in [3.63, 3.8) is 0 Å². The van der Waals surface area contributed by atoms with Crippen LogP contribution in [0.4, 0.5) is 4.39 Å². The second kappa shape index (κ2) is 7.85. The van der Waals surface area contributed by atoms with E-state index >= 15 is 0 Å². The molecule has 0 heterocycles. The van der Waals surface area contributed by atoms with Crippen LogP contribution in [0.5, 0.6) is 0 Å². The Balaban J connectivity index is 0.00000106. The van der Waals surface area contributed by atoms with Crippen LogP contribution in [0.3, 0.4) is 0 Å². The molecular formula is C13H20FNO. The van der Waals surface area contributed by atoms with E-state index in [1.54, 1.807) is 24.1 Å². The van der Waals surface area contributed by atoms with Gasteiger partial charge in [-0.1, -0.05) is 26.0 Å². The predicted molar refractivity (Wildman–Crippen MR) is 64.8 cm³/mol. The van der Waals surface area contributed by atoms with Crippen LogP contribution in [0.15, 0.2) is 24.3 Å². The number of hydrogen-bond donors (Lipinski definition) is 0. The molecule has 1 aromatic rings. The van der Waals surface area contributed by atoms with E-state index < -0.39 is 0 Å². The number of nitrogens with zero attached hydrogens (tertiary/aromatic N) is 1. The van der Waals surface area contributed by atoms with E-state index in [-0.39, 0.29) is 11.7 Å². The van der Waals surface area contributed by atoms with Crippen molar-refractivity contribution >= 4 is 5.91 Å². The van der Waals surface area contributed by atoms with Gasteiger partial charge in [0.05, 0.1) is 0 Å². The van der Waals surface area contributed by atoms with E-state index in [9.17, 15) is 9.18 Å². The van der Waals surface area contributed by atoms with Crippen molar-refractivity contribution in [3.05, 3.63) is 35.6 Å². The van der Waals surface area contributed by atoms with Crippen molar-refractivity contribution in [2.75, 3.05) is 13.6 Å². The monoisotopic (exact) mass is 225 g/mol. The molecule has 0 saturated carbocycles. The number of rotatable bonds is 3. The van der Waals surface area contributed by atoms with E-state index in [2.05, 4.69) is 0 Å². The minimum atomic E-state index is -0.228. The molecule has 0 aliphatic heterocycles. The molecule has 0 fully saturated rings. The van der Waals surface area contributed by atoms with Gasteiger partial charge in [-0.05, 0) is 24.1 Å². The number of hydrogen-bond acceptors (Lipinski definition) is 1. The summed E-state index contributed by atoms with van der Waals surface area (Å²) in [4.78, 5) is 12.5. The van der Waals surface area contributed by atoms with Crippen LogP contribution in [-0.4, -0.2) is 24.4 Å². The molecule has 0 atom stereocenters. The molecule has 0 aromatic heterocycles. The van der Waals surface area contributed by atoms with E-state index in [4.69, 9.17) is 0 Å². The lowest BCUT2D eigenvalue weighted by Gasteiger charge is -2.14. The topological polar surface area (TPSA) is 20.3 Å². The second-order valence-corrected chi connectivity index (χ2v) is 3.32. The average Bonchev–Trinajstić information content (AvgIpc) is 2.30. The van der Waals surface area contributed by atoms with Crippen molar-refractivity contribution < 1.29 is 9.18 Å². The van der Waals surface area contributed by atoms with Gasteiger partial charge in [0, 0.05) is 20.5 Å². The molecule has 16 heavy (non-hydrogen) atoms. The first-order valence-corrected chi connectivity index (χ1v) is 5.56. The number of carbonyl (C=O) groups is 1. The van der Waals surface area contributed by atoms with Crippen molar-refractivity contribution in [2.45, 2.75) is 27.2 Å². The third kappa shape index (κ3) is 5.49. The van der Waals surface area contributed by atoms with Crippen LogP contribution in [0.1, 0.15) is 26.3 Å². The summed E-state index contributed by atoms with van der Waals surface area (Å²) in [6.07, 6.45) is 0.760. The molecule has 2 nitrogen and oxygen atoms in total. The summed E-state index contributed by atoms with van der Waals surface area (Å²) in [5, 5.41) is 0. The molecule has 0 saturated heterocycles. The highest BCUT2D eigenvalue weighted by molar-refractivity contribution is 5.72. The first kappa shape index (κ1) is 14.6. The lowest BCUT2D eigenvalue weighted by Crippen LogP contribution is -2.26. The van der Waals surface area contributed by atoms with E-state index in [0.717, 1.165) is 12.0 Å². The Morgan fingerprint density at radius 3 is 2.19 bits per heavy atom. The summed E-state index contributed by atoms with van der Waals surface area (Å²) in [6, 6.07) is 6.35. The van der Waals surface area contributed by atoms with E-state index in [0.29, 0.717) is 6.54 Å². The lowest BCUT2D eigenvalue weighted by atomic mass is 10.1. The van der Waals surface area contributed by atoms with Gasteiger partial charge in [-0.3, -0.25) is 4.79 Å². The molecular weight excluding hydrogens is 205 g/mol. The quantitative estimate of drug-likeness (QED) is 0.774. The Kier molecular flexibility index (Phi) is 7.18. The third-order valence-corrected chi connectivity index (χ3v) is 2.19. The molecule has 0 aliphatic carbocycles. The fourth-order valence-corrected chi connectivity index (χ4v) is 1.11. The Hall–Kier alpha value is -1.38. The van der Waals surface area contributed by atoms with Gasteiger partial charge in [-0.15, -0.1) is 0 Å². The molecule has 0 bridgehead atoms. The van der Waals surface area contributed by atoms with Crippen LogP contribution < -0.4 is 0 Å². The lowest BCUT2D eigenvalue weighted by molar-refractivity contribution is -0.127. The fourth-order valence-electron chi connectivity index (χ4n) is 1.11. The molecule has 0 N–H and O–H groups in total. The Morgan fingerprint density at radius 2 is 1.75 bits per heavy atom. The third-order valence-electron chi connectivity index (χ3n) is 2.19. The predicted octanol–water partition coefficient (Wildman–Crippen LogP) is 2.87. The highest BCUT2D eigenvalue weighted by Gasteiger charge is 2.01. The zero-order valence-electron chi connectivity index (χ0n) is 10.5. The molecule has 0 radical (unpaired) electrons. The van der Waals surface area contributed by atoms with Crippen LogP contribution >= 0.6 is 0 Å². The standard InChI is InChI=1S/C11H14FNO.C2H6/c1-9(14)13(2)8-7-10-3-5-11(12)6-4-10;1-2/h3-6H,7-8H2,1-2H3;1-2H3. The summed E-state index contributed by atoms with van der Waals surface area (Å²) in [5.74, 6) is -0.180. The Bertz CT molecular complexity index is 308. The Labute approximate surface area is 97.1 Å². The second-order valence-electron chi connectivity index (χ2n) is 3.32. The van der Waals surface area contributed by atoms with Crippen LogP contribution in [-0.2, 0) is 11.2 Å². The minimum absolute atomic E-state index is 0.0483. The van der Waals surface area contributed by atoms with Gasteiger partial charge in [0.25, 0.3) is 0 Å². The highest BCUT2D eigenvalue weighted by Crippen LogP contribution is 2.03. The number of likely N-dealkylation sites (N-methyl/N-ethyl adjacent to an activating group) is 1. The summed E-state index contributed by atoms with van der Waals surface area (Å²) in [7, 11) is 1.76. The normalized spacial score (nSPS) is 9.06. The Morgan fingerprint density at radius 1 is 1.25 bits per heavy atom. The summed E-state index contributed by atoms with van der Waals surface area (Å²) >= 11 is 0. The first-order valence-electron chi connectivity index (χ1n) is 5.56. The summed E-state index contributed by atoms with van der Waals surface area (Å²) in [6.45, 7) is 6.20. The van der Waals surface area contributed by atoms with Gasteiger partial charge in [-0.25, -0.2) is 4.39 Å². The van der Waals surface area contributed by atoms with Gasteiger partial charge >= 0.3 is 0 Å². The smallest absolute Gasteiger partial charge is 0.219 e. The van der Waals surface area contributed by atoms with Crippen molar-refractivity contribution in [1.82, 2.24) is 4.90 Å². The van der Waals surface area contributed by atoms with Crippen molar-refractivity contribution in [2.24, 2.45) is 0 Å². The van der Waals surface area contributed by atoms with Crippen LogP contribution in [0.2, 0.25) is 0 Å². The largest absolute Gasteiger partial charge is 0.346 e. The molecule has 1 amide bonds. The number of carbonyl (C=O) groups excluding carboxylic acids is 1. The maximum atomic E-state index is 12.5. The maximum absolute atomic E-state index is 12.5. The average molecular weight is 225 g/mol. The van der Waals surface area contributed by atoms with Crippen LogP contribution in [0.25, 0.3) is 0 Å². The zero-order valence-corrected chi connectivity index (χ0v) is 10.5. The number of amides is 1. The maximum Gasteiger partial charge on any atom is 0.219 e. The minimum Gasteiger partial charge on any atom is -0.346 e. The molecule has 0 unspecified atom stereocenters. The molecule has 90 valence electrons. The van der Waals surface area contributed by atoms with Gasteiger partial charge in [0.1, 0.15) is 5.82 Å². The molecule has 1 aromatic carbocycles. The van der Waals surface area contributed by atoms with Crippen molar-refractivity contribution in [3.8, 4) is 0 Å². The van der Waals surface area contributed by atoms with E-state index in [1.165, 1.54) is 19.1 Å². The SMILES string of the molecule is CC.CC(=O)N(C)CCc1ccc(F)cc1. The zero-order chi connectivity index (χ0) is 12.6. The van der Waals surface area contributed by atoms with Gasteiger partial charge < -0.3 is 4.90 Å². The molecule has 0 spiro atoms. The van der Waals surface area contributed by atoms with Crippen molar-refractivity contribution in [1.29, 1.82) is 0 Å². The molecule has 3 heteroatoms. The molecule has 0 aliphatic rings.